The monoisotopic (exact) mass is 324 g/mol. The number of amides is 1. The zero-order chi connectivity index (χ0) is 16.8. The fourth-order valence-electron chi connectivity index (χ4n) is 2.52. The zero-order valence-electron chi connectivity index (χ0n) is 13.2. The summed E-state index contributed by atoms with van der Waals surface area (Å²) < 4.78 is 0. The van der Waals surface area contributed by atoms with Crippen molar-refractivity contribution in [2.24, 2.45) is 0 Å². The van der Waals surface area contributed by atoms with E-state index in [9.17, 15) is 4.79 Å². The topological polar surface area (TPSA) is 90.0 Å². The van der Waals surface area contributed by atoms with E-state index in [2.05, 4.69) is 20.6 Å². The number of pyridine rings is 1. The van der Waals surface area contributed by atoms with Gasteiger partial charge in [-0.05, 0) is 30.2 Å². The number of nitrogens with one attached hydrogen (secondary N) is 3. The number of aliphatic hydroxyl groups is 1. The average Bonchev–Trinajstić information content (AvgIpc) is 3.00. The molecule has 24 heavy (non-hydrogen) atoms. The number of aliphatic hydroxyl groups excluding tert-OH is 1. The van der Waals surface area contributed by atoms with Crippen LogP contribution in [-0.4, -0.2) is 34.1 Å². The van der Waals surface area contributed by atoms with E-state index in [-0.39, 0.29) is 12.5 Å². The van der Waals surface area contributed by atoms with Crippen LogP contribution < -0.4 is 10.6 Å². The molecule has 1 aromatic carbocycles. The molecule has 0 unspecified atom stereocenters. The molecule has 2 aromatic heterocycles. The number of carbonyl (C=O) groups is 1. The van der Waals surface area contributed by atoms with E-state index in [1.165, 1.54) is 0 Å². The number of aromatic nitrogens is 2. The van der Waals surface area contributed by atoms with Crippen LogP contribution in [0.3, 0.4) is 0 Å². The molecule has 0 aliphatic heterocycles. The van der Waals surface area contributed by atoms with Gasteiger partial charge in [0.15, 0.2) is 0 Å². The predicted octanol–water partition coefficient (Wildman–Crippen LogP) is 2.54. The third-order valence-corrected chi connectivity index (χ3v) is 3.71. The number of H-pyrrole nitrogens is 1. The van der Waals surface area contributed by atoms with Crippen LogP contribution in [0.15, 0.2) is 48.8 Å². The molecule has 0 aliphatic carbocycles. The van der Waals surface area contributed by atoms with Gasteiger partial charge in [-0.2, -0.15) is 0 Å². The first-order valence-electron chi connectivity index (χ1n) is 7.92. The number of hydrogen-bond acceptors (Lipinski definition) is 4. The Morgan fingerprint density at radius 3 is 2.88 bits per heavy atom. The Kier molecular flexibility index (Phi) is 5.08. The molecule has 6 heteroatoms. The van der Waals surface area contributed by atoms with Crippen molar-refractivity contribution in [3.05, 3.63) is 54.4 Å². The quantitative estimate of drug-likeness (QED) is 0.503. The highest BCUT2D eigenvalue weighted by Crippen LogP contribution is 2.18. The zero-order valence-corrected chi connectivity index (χ0v) is 13.2. The van der Waals surface area contributed by atoms with Gasteiger partial charge in [0, 0.05) is 30.3 Å². The van der Waals surface area contributed by atoms with Crippen molar-refractivity contribution in [2.45, 2.75) is 12.8 Å². The van der Waals surface area contributed by atoms with Crippen LogP contribution in [0.5, 0.6) is 0 Å². The fraction of sp³-hybridized carbons (Fsp3) is 0.222. The minimum absolute atomic E-state index is 0.0810. The Bertz CT molecular complexity index is 811. The van der Waals surface area contributed by atoms with Crippen molar-refractivity contribution in [3.8, 4) is 0 Å². The van der Waals surface area contributed by atoms with Gasteiger partial charge >= 0.3 is 0 Å². The van der Waals surface area contributed by atoms with E-state index >= 15 is 0 Å². The van der Waals surface area contributed by atoms with Crippen LogP contribution in [0.25, 0.3) is 10.9 Å². The number of rotatable bonds is 7. The highest BCUT2D eigenvalue weighted by Gasteiger charge is 2.09. The van der Waals surface area contributed by atoms with E-state index in [1.807, 2.05) is 30.5 Å². The molecule has 4 N–H and O–H groups in total. The van der Waals surface area contributed by atoms with Crippen LogP contribution in [0.2, 0.25) is 0 Å². The van der Waals surface area contributed by atoms with Crippen molar-refractivity contribution in [3.63, 3.8) is 0 Å². The van der Waals surface area contributed by atoms with Gasteiger partial charge in [-0.25, -0.2) is 4.98 Å². The largest absolute Gasteiger partial charge is 0.396 e. The van der Waals surface area contributed by atoms with Gasteiger partial charge < -0.3 is 20.7 Å². The van der Waals surface area contributed by atoms with E-state index in [0.29, 0.717) is 25.1 Å². The molecule has 6 nitrogen and oxygen atoms in total. The van der Waals surface area contributed by atoms with Crippen molar-refractivity contribution < 1.29 is 9.90 Å². The highest BCUT2D eigenvalue weighted by atomic mass is 16.3. The predicted molar refractivity (Wildman–Crippen MR) is 95.1 cm³/mol. The number of carbonyl (C=O) groups excluding carboxylic acids is 1. The summed E-state index contributed by atoms with van der Waals surface area (Å²) in [5.41, 5.74) is 2.66. The lowest BCUT2D eigenvalue weighted by molar-refractivity contribution is -0.115. The van der Waals surface area contributed by atoms with Gasteiger partial charge in [0.25, 0.3) is 0 Å². The molecule has 124 valence electrons. The lowest BCUT2D eigenvalue weighted by atomic mass is 10.1. The van der Waals surface area contributed by atoms with E-state index in [0.717, 1.165) is 22.3 Å². The summed E-state index contributed by atoms with van der Waals surface area (Å²) in [7, 11) is 0. The lowest BCUT2D eigenvalue weighted by Gasteiger charge is -2.07. The molecular weight excluding hydrogens is 304 g/mol. The Labute approximate surface area is 139 Å². The van der Waals surface area contributed by atoms with Crippen molar-refractivity contribution in [1.29, 1.82) is 0 Å². The second-order valence-electron chi connectivity index (χ2n) is 5.52. The molecule has 0 atom stereocenters. The Hall–Kier alpha value is -2.86. The summed E-state index contributed by atoms with van der Waals surface area (Å²) in [6.07, 6.45) is 4.47. The second kappa shape index (κ2) is 7.61. The third kappa shape index (κ3) is 3.91. The Morgan fingerprint density at radius 1 is 1.21 bits per heavy atom. The van der Waals surface area contributed by atoms with Gasteiger partial charge in [-0.15, -0.1) is 0 Å². The van der Waals surface area contributed by atoms with Crippen LogP contribution in [-0.2, 0) is 11.2 Å². The molecule has 0 bridgehead atoms. The molecule has 0 spiro atoms. The van der Waals surface area contributed by atoms with Gasteiger partial charge in [-0.3, -0.25) is 4.79 Å². The van der Waals surface area contributed by atoms with Crippen molar-refractivity contribution in [2.75, 3.05) is 23.8 Å². The summed E-state index contributed by atoms with van der Waals surface area (Å²) in [5.74, 6) is 0.639. The molecule has 1 amide bonds. The molecule has 0 saturated heterocycles. The number of para-hydroxylation sites is 1. The number of fused-ring (bicyclic) bond motifs is 1. The third-order valence-electron chi connectivity index (χ3n) is 3.71. The molecule has 0 fully saturated rings. The number of anilines is 2. The summed E-state index contributed by atoms with van der Waals surface area (Å²) >= 11 is 0. The minimum atomic E-state index is -0.0810. The van der Waals surface area contributed by atoms with Crippen LogP contribution in [0, 0.1) is 0 Å². The number of nitrogens with zero attached hydrogens (tertiary/aromatic N) is 1. The fourth-order valence-corrected chi connectivity index (χ4v) is 2.52. The summed E-state index contributed by atoms with van der Waals surface area (Å²) in [6.45, 7) is 0.810. The first-order valence-corrected chi connectivity index (χ1v) is 7.92. The van der Waals surface area contributed by atoms with Gasteiger partial charge in [-0.1, -0.05) is 18.2 Å². The smallest absolute Gasteiger partial charge is 0.228 e. The SMILES string of the molecule is O=C(Cc1c[nH]c2ccccc12)Nc1ccc(NCCCO)nc1. The van der Waals surface area contributed by atoms with Crippen molar-refractivity contribution in [1.82, 2.24) is 9.97 Å². The highest BCUT2D eigenvalue weighted by molar-refractivity contribution is 5.95. The molecule has 0 aliphatic rings. The average molecular weight is 324 g/mol. The lowest BCUT2D eigenvalue weighted by Crippen LogP contribution is -2.14. The molecular formula is C18H20N4O2. The molecule has 3 rings (SSSR count). The maximum absolute atomic E-state index is 12.2. The normalized spacial score (nSPS) is 10.7. The molecule has 0 radical (unpaired) electrons. The maximum atomic E-state index is 12.2. The van der Waals surface area contributed by atoms with Gasteiger partial charge in [0.05, 0.1) is 18.3 Å². The summed E-state index contributed by atoms with van der Waals surface area (Å²) in [6, 6.07) is 11.5. The number of benzene rings is 1. The first-order chi connectivity index (χ1) is 11.8. The summed E-state index contributed by atoms with van der Waals surface area (Å²) in [4.78, 5) is 19.6. The molecule has 2 heterocycles. The number of hydrogen-bond donors (Lipinski definition) is 4. The Morgan fingerprint density at radius 2 is 2.08 bits per heavy atom. The van der Waals surface area contributed by atoms with Crippen LogP contribution in [0.1, 0.15) is 12.0 Å². The second-order valence-corrected chi connectivity index (χ2v) is 5.52. The standard InChI is InChI=1S/C18H20N4O2/c23-9-3-8-19-17-7-6-14(12-21-17)22-18(24)10-13-11-20-16-5-2-1-4-15(13)16/h1-2,4-7,11-12,20,23H,3,8-10H2,(H,19,21)(H,22,24). The van der Waals surface area contributed by atoms with Gasteiger partial charge in [0.2, 0.25) is 5.91 Å². The first kappa shape index (κ1) is 16.0. The minimum Gasteiger partial charge on any atom is -0.396 e. The Balaban J connectivity index is 1.58. The van der Waals surface area contributed by atoms with Crippen molar-refractivity contribution >= 4 is 28.3 Å². The van der Waals surface area contributed by atoms with E-state index in [1.54, 1.807) is 18.3 Å². The molecule has 0 saturated carbocycles. The van der Waals surface area contributed by atoms with Gasteiger partial charge in [0.1, 0.15) is 5.82 Å². The van der Waals surface area contributed by atoms with E-state index < -0.39 is 0 Å². The van der Waals surface area contributed by atoms with E-state index in [4.69, 9.17) is 5.11 Å². The van der Waals surface area contributed by atoms with Crippen LogP contribution >= 0.6 is 0 Å². The number of aromatic amines is 1. The molecule has 3 aromatic rings. The maximum Gasteiger partial charge on any atom is 0.228 e. The van der Waals surface area contributed by atoms with Crippen LogP contribution in [0.4, 0.5) is 11.5 Å². The summed E-state index contributed by atoms with van der Waals surface area (Å²) in [5, 5.41) is 15.8.